The largest absolute Gasteiger partial charge is 0.496 e. The molecule has 0 radical (unpaired) electrons. The minimum absolute atomic E-state index is 0.159. The standard InChI is InChI=1S/C20H20ClN5O3S/c1-26-17(11-22-19(28)15-8-3-4-9-16(15)29-2)24-25-20(26)30-12-18(27)23-14-7-5-6-13(21)10-14/h3-10H,11-12H2,1-2H3,(H,22,28)(H,23,27). The summed E-state index contributed by atoms with van der Waals surface area (Å²) in [5.41, 5.74) is 1.07. The number of anilines is 1. The van der Waals surface area contributed by atoms with Gasteiger partial charge in [0.25, 0.3) is 5.91 Å². The van der Waals surface area contributed by atoms with E-state index in [0.717, 1.165) is 0 Å². The van der Waals surface area contributed by atoms with Crippen LogP contribution in [-0.2, 0) is 18.4 Å². The lowest BCUT2D eigenvalue weighted by Crippen LogP contribution is -2.25. The molecular formula is C20H20ClN5O3S. The molecule has 8 nitrogen and oxygen atoms in total. The second-order valence-electron chi connectivity index (χ2n) is 6.19. The summed E-state index contributed by atoms with van der Waals surface area (Å²) < 4.78 is 6.94. The van der Waals surface area contributed by atoms with E-state index in [1.807, 2.05) is 0 Å². The molecule has 2 amide bonds. The fraction of sp³-hybridized carbons (Fsp3) is 0.200. The number of carbonyl (C=O) groups is 2. The van der Waals surface area contributed by atoms with Crippen molar-refractivity contribution >= 4 is 40.9 Å². The highest BCUT2D eigenvalue weighted by Gasteiger charge is 2.15. The molecule has 0 unspecified atom stereocenters. The number of rotatable bonds is 8. The first-order valence-electron chi connectivity index (χ1n) is 8.95. The van der Waals surface area contributed by atoms with Gasteiger partial charge in [-0.25, -0.2) is 0 Å². The van der Waals surface area contributed by atoms with Crippen LogP contribution in [0.1, 0.15) is 16.2 Å². The fourth-order valence-corrected chi connectivity index (χ4v) is 3.53. The van der Waals surface area contributed by atoms with Gasteiger partial charge in [0.15, 0.2) is 11.0 Å². The van der Waals surface area contributed by atoms with E-state index >= 15 is 0 Å². The third kappa shape index (κ3) is 5.52. The average Bonchev–Trinajstić information content (AvgIpc) is 3.10. The van der Waals surface area contributed by atoms with Crippen molar-refractivity contribution in [3.8, 4) is 5.75 Å². The minimum atomic E-state index is -0.273. The molecule has 0 saturated heterocycles. The zero-order chi connectivity index (χ0) is 21.5. The van der Waals surface area contributed by atoms with Crippen molar-refractivity contribution in [2.24, 2.45) is 7.05 Å². The Hall–Kier alpha value is -3.04. The van der Waals surface area contributed by atoms with Crippen LogP contribution in [0.25, 0.3) is 0 Å². The van der Waals surface area contributed by atoms with E-state index in [2.05, 4.69) is 20.8 Å². The molecule has 156 valence electrons. The van der Waals surface area contributed by atoms with Crippen LogP contribution in [0.5, 0.6) is 5.75 Å². The van der Waals surface area contributed by atoms with E-state index < -0.39 is 0 Å². The number of aromatic nitrogens is 3. The summed E-state index contributed by atoms with van der Waals surface area (Å²) in [7, 11) is 3.29. The van der Waals surface area contributed by atoms with Gasteiger partial charge in [0.1, 0.15) is 5.75 Å². The third-order valence-corrected chi connectivity index (χ3v) is 5.38. The lowest BCUT2D eigenvalue weighted by Gasteiger charge is -2.09. The van der Waals surface area contributed by atoms with Gasteiger partial charge in [-0.1, -0.05) is 41.6 Å². The molecule has 0 atom stereocenters. The van der Waals surface area contributed by atoms with Gasteiger partial charge >= 0.3 is 0 Å². The zero-order valence-electron chi connectivity index (χ0n) is 16.4. The Morgan fingerprint density at radius 3 is 2.73 bits per heavy atom. The van der Waals surface area contributed by atoms with Crippen molar-refractivity contribution in [1.29, 1.82) is 0 Å². The number of hydrogen-bond donors (Lipinski definition) is 2. The minimum Gasteiger partial charge on any atom is -0.496 e. The maximum atomic E-state index is 12.4. The Morgan fingerprint density at radius 1 is 1.17 bits per heavy atom. The van der Waals surface area contributed by atoms with Crippen LogP contribution in [0.3, 0.4) is 0 Å². The SMILES string of the molecule is COc1ccccc1C(=O)NCc1nnc(SCC(=O)Nc2cccc(Cl)c2)n1C. The van der Waals surface area contributed by atoms with E-state index in [0.29, 0.717) is 33.0 Å². The first-order valence-corrected chi connectivity index (χ1v) is 10.3. The highest BCUT2D eigenvalue weighted by Crippen LogP contribution is 2.19. The molecular weight excluding hydrogens is 426 g/mol. The molecule has 0 bridgehead atoms. The van der Waals surface area contributed by atoms with Crippen LogP contribution < -0.4 is 15.4 Å². The molecule has 0 aliphatic rings. The number of halogens is 1. The first-order chi connectivity index (χ1) is 14.5. The van der Waals surface area contributed by atoms with Gasteiger partial charge in [0, 0.05) is 17.8 Å². The fourth-order valence-electron chi connectivity index (χ4n) is 2.60. The predicted octanol–water partition coefficient (Wildman–Crippen LogP) is 3.14. The highest BCUT2D eigenvalue weighted by atomic mass is 35.5. The second-order valence-corrected chi connectivity index (χ2v) is 7.57. The van der Waals surface area contributed by atoms with Gasteiger partial charge < -0.3 is 19.9 Å². The van der Waals surface area contributed by atoms with Crippen LogP contribution >= 0.6 is 23.4 Å². The van der Waals surface area contributed by atoms with Gasteiger partial charge in [-0.2, -0.15) is 0 Å². The lowest BCUT2D eigenvalue weighted by atomic mass is 10.2. The number of thioether (sulfide) groups is 1. The van der Waals surface area contributed by atoms with Crippen molar-refractivity contribution < 1.29 is 14.3 Å². The molecule has 3 rings (SSSR count). The maximum Gasteiger partial charge on any atom is 0.255 e. The Labute approximate surface area is 183 Å². The number of nitrogens with one attached hydrogen (secondary N) is 2. The number of benzene rings is 2. The van der Waals surface area contributed by atoms with Crippen molar-refractivity contribution in [2.75, 3.05) is 18.2 Å². The van der Waals surface area contributed by atoms with Crippen LogP contribution in [-0.4, -0.2) is 39.4 Å². The number of amides is 2. The summed E-state index contributed by atoms with van der Waals surface area (Å²) >= 11 is 7.17. The Kier molecular flexibility index (Phi) is 7.31. The number of carbonyl (C=O) groups excluding carboxylic acids is 2. The topological polar surface area (TPSA) is 98.1 Å². The van der Waals surface area contributed by atoms with Crippen LogP contribution in [0, 0.1) is 0 Å². The van der Waals surface area contributed by atoms with E-state index in [1.165, 1.54) is 18.9 Å². The Morgan fingerprint density at radius 2 is 1.97 bits per heavy atom. The molecule has 3 aromatic rings. The Balaban J connectivity index is 1.54. The summed E-state index contributed by atoms with van der Waals surface area (Å²) in [6.07, 6.45) is 0. The van der Waals surface area contributed by atoms with Gasteiger partial charge in [0.05, 0.1) is 25.0 Å². The van der Waals surface area contributed by atoms with E-state index in [-0.39, 0.29) is 24.1 Å². The van der Waals surface area contributed by atoms with E-state index in [1.54, 1.807) is 60.1 Å². The smallest absolute Gasteiger partial charge is 0.255 e. The molecule has 30 heavy (non-hydrogen) atoms. The summed E-state index contributed by atoms with van der Waals surface area (Å²) in [5.74, 6) is 0.763. The number of ether oxygens (including phenoxy) is 1. The molecule has 1 heterocycles. The number of para-hydroxylation sites is 1. The number of hydrogen-bond acceptors (Lipinski definition) is 6. The van der Waals surface area contributed by atoms with Crippen LogP contribution in [0.2, 0.25) is 5.02 Å². The zero-order valence-corrected chi connectivity index (χ0v) is 18.0. The second kappa shape index (κ2) is 10.1. The van der Waals surface area contributed by atoms with Crippen molar-refractivity contribution in [2.45, 2.75) is 11.7 Å². The maximum absolute atomic E-state index is 12.4. The molecule has 0 spiro atoms. The normalized spacial score (nSPS) is 10.5. The molecule has 0 saturated carbocycles. The van der Waals surface area contributed by atoms with Gasteiger partial charge in [0.2, 0.25) is 5.91 Å². The van der Waals surface area contributed by atoms with Crippen molar-refractivity contribution in [1.82, 2.24) is 20.1 Å². The Bertz CT molecular complexity index is 1060. The van der Waals surface area contributed by atoms with E-state index in [4.69, 9.17) is 16.3 Å². The molecule has 2 aromatic carbocycles. The molecule has 0 aliphatic carbocycles. The lowest BCUT2D eigenvalue weighted by molar-refractivity contribution is -0.113. The molecule has 10 heteroatoms. The van der Waals surface area contributed by atoms with Gasteiger partial charge in [-0.15, -0.1) is 10.2 Å². The van der Waals surface area contributed by atoms with Crippen LogP contribution in [0.4, 0.5) is 5.69 Å². The number of methoxy groups -OCH3 is 1. The van der Waals surface area contributed by atoms with Crippen molar-refractivity contribution in [3.05, 3.63) is 64.9 Å². The summed E-state index contributed by atoms with van der Waals surface area (Å²) in [4.78, 5) is 24.6. The number of nitrogens with zero attached hydrogens (tertiary/aromatic N) is 3. The first kappa shape index (κ1) is 21.7. The van der Waals surface area contributed by atoms with Crippen molar-refractivity contribution in [3.63, 3.8) is 0 Å². The van der Waals surface area contributed by atoms with Gasteiger partial charge in [-0.05, 0) is 30.3 Å². The molecule has 1 aromatic heterocycles. The third-order valence-electron chi connectivity index (χ3n) is 4.12. The summed E-state index contributed by atoms with van der Waals surface area (Å²) in [5, 5.41) is 14.9. The summed E-state index contributed by atoms with van der Waals surface area (Å²) in [6.45, 7) is 0.190. The van der Waals surface area contributed by atoms with Crippen LogP contribution in [0.15, 0.2) is 53.7 Å². The average molecular weight is 446 g/mol. The van der Waals surface area contributed by atoms with Gasteiger partial charge in [-0.3, -0.25) is 9.59 Å². The molecule has 0 fully saturated rings. The summed E-state index contributed by atoms with van der Waals surface area (Å²) in [6, 6.07) is 13.9. The predicted molar refractivity (Wildman–Crippen MR) is 116 cm³/mol. The molecule has 0 aliphatic heterocycles. The monoisotopic (exact) mass is 445 g/mol. The quantitative estimate of drug-likeness (QED) is 0.517. The van der Waals surface area contributed by atoms with E-state index in [9.17, 15) is 9.59 Å². The molecule has 2 N–H and O–H groups in total. The highest BCUT2D eigenvalue weighted by molar-refractivity contribution is 7.99.